The van der Waals surface area contributed by atoms with Crippen molar-refractivity contribution in [3.8, 4) is 5.75 Å². The maximum atomic E-state index is 14.4. The van der Waals surface area contributed by atoms with E-state index in [4.69, 9.17) is 4.74 Å². The van der Waals surface area contributed by atoms with Crippen molar-refractivity contribution >= 4 is 11.8 Å². The number of Topliss-reactive ketones (excluding diaryl/α,β-unsaturated/α-hetero) is 1. The van der Waals surface area contributed by atoms with E-state index >= 15 is 0 Å². The monoisotopic (exact) mass is 388 g/mol. The summed E-state index contributed by atoms with van der Waals surface area (Å²) in [5, 5.41) is 0. The minimum atomic E-state index is -5.06. The second-order valence-electron chi connectivity index (χ2n) is 7.21. The van der Waals surface area contributed by atoms with Crippen molar-refractivity contribution in [2.24, 2.45) is 11.8 Å². The summed E-state index contributed by atoms with van der Waals surface area (Å²) in [6, 6.07) is 1.77. The average Bonchev–Trinajstić information content (AvgIpc) is 2.61. The number of ketones is 1. The molecule has 0 heterocycles. The van der Waals surface area contributed by atoms with Crippen LogP contribution in [-0.4, -0.2) is 11.8 Å². The van der Waals surface area contributed by atoms with Gasteiger partial charge in [-0.1, -0.05) is 39.5 Å². The lowest BCUT2D eigenvalue weighted by Crippen LogP contribution is -2.18. The summed E-state index contributed by atoms with van der Waals surface area (Å²) >= 11 is 0. The molecule has 0 saturated heterocycles. The van der Waals surface area contributed by atoms with E-state index in [9.17, 15) is 27.2 Å². The molecule has 0 N–H and O–H groups in total. The van der Waals surface area contributed by atoms with Gasteiger partial charge in [-0.25, -0.2) is 4.39 Å². The molecule has 3 nitrogen and oxygen atoms in total. The fourth-order valence-electron chi connectivity index (χ4n) is 3.45. The van der Waals surface area contributed by atoms with Gasteiger partial charge in [0.25, 0.3) is 0 Å². The Morgan fingerprint density at radius 3 is 2.33 bits per heavy atom. The summed E-state index contributed by atoms with van der Waals surface area (Å²) < 4.78 is 58.9. The first-order valence-corrected chi connectivity index (χ1v) is 9.27. The van der Waals surface area contributed by atoms with Crippen LogP contribution in [0.1, 0.15) is 74.7 Å². The molecule has 1 aliphatic carbocycles. The highest BCUT2D eigenvalue weighted by molar-refractivity contribution is 5.97. The fourth-order valence-corrected chi connectivity index (χ4v) is 3.45. The molecule has 1 aliphatic rings. The molecule has 1 aromatic rings. The number of halogens is 4. The molecule has 27 heavy (non-hydrogen) atoms. The summed E-state index contributed by atoms with van der Waals surface area (Å²) in [6.07, 6.45) is -0.454. The van der Waals surface area contributed by atoms with E-state index < -0.39 is 40.6 Å². The van der Waals surface area contributed by atoms with Crippen molar-refractivity contribution in [2.75, 3.05) is 0 Å². The van der Waals surface area contributed by atoms with Gasteiger partial charge in [0.15, 0.2) is 17.3 Å². The Morgan fingerprint density at radius 2 is 1.78 bits per heavy atom. The van der Waals surface area contributed by atoms with Gasteiger partial charge < -0.3 is 4.74 Å². The van der Waals surface area contributed by atoms with Crippen LogP contribution in [0.25, 0.3) is 0 Å². The average molecular weight is 388 g/mol. The molecule has 0 atom stereocenters. The lowest BCUT2D eigenvalue weighted by Gasteiger charge is -2.25. The van der Waals surface area contributed by atoms with Crippen molar-refractivity contribution in [1.29, 1.82) is 0 Å². The Morgan fingerprint density at radius 1 is 1.15 bits per heavy atom. The van der Waals surface area contributed by atoms with Gasteiger partial charge in [0.05, 0.1) is 0 Å². The third-order valence-corrected chi connectivity index (χ3v) is 5.13. The third kappa shape index (κ3) is 5.53. The molecule has 1 saturated carbocycles. The molecule has 0 spiro atoms. The number of hydrogen-bond acceptors (Lipinski definition) is 3. The summed E-state index contributed by atoms with van der Waals surface area (Å²) in [5.74, 6) is -3.05. The molecule has 0 aliphatic heterocycles. The molecule has 2 rings (SSSR count). The maximum Gasteiger partial charge on any atom is 0.420 e. The third-order valence-electron chi connectivity index (χ3n) is 5.13. The van der Waals surface area contributed by atoms with Gasteiger partial charge in [-0.05, 0) is 30.4 Å². The number of ether oxygens (including phenoxy) is 1. The quantitative estimate of drug-likeness (QED) is 0.262. The molecule has 0 aromatic heterocycles. The number of alkyl halides is 3. The van der Waals surface area contributed by atoms with Crippen LogP contribution < -0.4 is 4.74 Å². The SMILES string of the molecule is CCC(=O)c1ccc(OC(=O)CCC2CCC(C)CC2)c(F)c1C(F)(F)F. The van der Waals surface area contributed by atoms with Crippen LogP contribution in [0.4, 0.5) is 17.6 Å². The van der Waals surface area contributed by atoms with Crippen LogP contribution in [0.3, 0.4) is 0 Å². The second kappa shape index (κ2) is 8.85. The van der Waals surface area contributed by atoms with Crippen molar-refractivity contribution in [3.05, 3.63) is 29.1 Å². The van der Waals surface area contributed by atoms with Crippen molar-refractivity contribution < 1.29 is 31.9 Å². The van der Waals surface area contributed by atoms with E-state index in [2.05, 4.69) is 6.92 Å². The number of esters is 1. The molecular formula is C20H24F4O3. The van der Waals surface area contributed by atoms with Crippen molar-refractivity contribution in [3.63, 3.8) is 0 Å². The molecule has 0 radical (unpaired) electrons. The summed E-state index contributed by atoms with van der Waals surface area (Å²) in [6.45, 7) is 3.57. The molecular weight excluding hydrogens is 364 g/mol. The molecule has 0 bridgehead atoms. The van der Waals surface area contributed by atoms with Gasteiger partial charge >= 0.3 is 12.1 Å². The van der Waals surface area contributed by atoms with Crippen LogP contribution in [0.15, 0.2) is 12.1 Å². The predicted octanol–water partition coefficient (Wildman–Crippen LogP) is 5.95. The second-order valence-corrected chi connectivity index (χ2v) is 7.21. The molecule has 0 amide bonds. The van der Waals surface area contributed by atoms with Crippen LogP contribution in [-0.2, 0) is 11.0 Å². The molecule has 1 fully saturated rings. The van der Waals surface area contributed by atoms with Crippen LogP contribution >= 0.6 is 0 Å². The smallest absolute Gasteiger partial charge is 0.420 e. The van der Waals surface area contributed by atoms with Crippen molar-refractivity contribution in [1.82, 2.24) is 0 Å². The topological polar surface area (TPSA) is 43.4 Å². The lowest BCUT2D eigenvalue weighted by molar-refractivity contribution is -0.142. The highest BCUT2D eigenvalue weighted by Crippen LogP contribution is 2.38. The Hall–Kier alpha value is -1.92. The van der Waals surface area contributed by atoms with Gasteiger partial charge in [0.2, 0.25) is 0 Å². The largest absolute Gasteiger partial charge is 0.423 e. The van der Waals surface area contributed by atoms with E-state index in [1.807, 2.05) is 0 Å². The van der Waals surface area contributed by atoms with Gasteiger partial charge in [-0.15, -0.1) is 0 Å². The number of carbonyl (C=O) groups is 2. The van der Waals surface area contributed by atoms with Gasteiger partial charge in [0.1, 0.15) is 5.56 Å². The number of hydrogen-bond donors (Lipinski definition) is 0. The standard InChI is InChI=1S/C20H24F4O3/c1-3-15(25)14-9-10-16(19(21)18(14)20(22,23)24)27-17(26)11-8-13-6-4-12(2)5-7-13/h9-10,12-13H,3-8,11H2,1-2H3. The Kier molecular flexibility index (Phi) is 7.00. The van der Waals surface area contributed by atoms with E-state index in [0.717, 1.165) is 37.8 Å². The van der Waals surface area contributed by atoms with Gasteiger partial charge in [-0.2, -0.15) is 13.2 Å². The zero-order valence-electron chi connectivity index (χ0n) is 15.5. The Bertz CT molecular complexity index is 689. The normalized spacial score (nSPS) is 20.4. The van der Waals surface area contributed by atoms with Crippen LogP contribution in [0, 0.1) is 17.7 Å². The van der Waals surface area contributed by atoms with E-state index in [1.54, 1.807) is 0 Å². The van der Waals surface area contributed by atoms with E-state index in [1.165, 1.54) is 6.92 Å². The maximum absolute atomic E-state index is 14.4. The lowest BCUT2D eigenvalue weighted by atomic mass is 9.81. The molecule has 150 valence electrons. The summed E-state index contributed by atoms with van der Waals surface area (Å²) in [4.78, 5) is 23.7. The number of carbonyl (C=O) groups excluding carboxylic acids is 2. The van der Waals surface area contributed by atoms with E-state index in [0.29, 0.717) is 18.3 Å². The molecule has 0 unspecified atom stereocenters. The Labute approximate surface area is 156 Å². The first-order chi connectivity index (χ1) is 12.6. The van der Waals surface area contributed by atoms with Gasteiger partial charge in [0, 0.05) is 18.4 Å². The first-order valence-electron chi connectivity index (χ1n) is 9.27. The van der Waals surface area contributed by atoms with Crippen LogP contribution in [0.5, 0.6) is 5.75 Å². The first kappa shape index (κ1) is 21.4. The number of benzene rings is 1. The summed E-state index contributed by atoms with van der Waals surface area (Å²) in [5.41, 5.74) is -2.43. The Balaban J connectivity index is 2.09. The van der Waals surface area contributed by atoms with Crippen molar-refractivity contribution in [2.45, 2.75) is 65.0 Å². The molecule has 1 aromatic carbocycles. The minimum absolute atomic E-state index is 0.0233. The highest BCUT2D eigenvalue weighted by atomic mass is 19.4. The predicted molar refractivity (Wildman–Crippen MR) is 92.0 cm³/mol. The summed E-state index contributed by atoms with van der Waals surface area (Å²) in [7, 11) is 0. The molecule has 7 heteroatoms. The van der Waals surface area contributed by atoms with Crippen LogP contribution in [0.2, 0.25) is 0 Å². The van der Waals surface area contributed by atoms with Gasteiger partial charge in [-0.3, -0.25) is 9.59 Å². The highest BCUT2D eigenvalue weighted by Gasteiger charge is 2.40. The van der Waals surface area contributed by atoms with E-state index in [-0.39, 0.29) is 12.8 Å². The zero-order valence-corrected chi connectivity index (χ0v) is 15.5. The fraction of sp³-hybridized carbons (Fsp3) is 0.600. The zero-order chi connectivity index (χ0) is 20.2. The number of rotatable bonds is 6. The minimum Gasteiger partial charge on any atom is -0.423 e.